The minimum absolute atomic E-state index is 0.0111. The molecular weight excluding hydrogens is 1110 g/mol. The second-order valence-electron chi connectivity index (χ2n) is 13.7. The molecule has 3 aromatic heterocycles. The average Bonchev–Trinajstić information content (AvgIpc) is 3.92. The number of phosphoric ester groups is 2. The maximum atomic E-state index is 12.9. The van der Waals surface area contributed by atoms with Gasteiger partial charge in [0.15, 0.2) is 0 Å². The monoisotopic (exact) mass is 1150 g/mol. The van der Waals surface area contributed by atoms with Crippen molar-refractivity contribution in [1.29, 1.82) is 0 Å². The zero-order valence-corrected chi connectivity index (χ0v) is 42.3. The van der Waals surface area contributed by atoms with Gasteiger partial charge in [-0.05, 0) is 0 Å². The first-order valence-corrected chi connectivity index (χ1v) is 30.6. The molecule has 5 rings (SSSR count). The van der Waals surface area contributed by atoms with Gasteiger partial charge in [-0.15, -0.1) is 0 Å². The molecule has 0 bridgehead atoms. The van der Waals surface area contributed by atoms with E-state index in [0.717, 1.165) is 26.2 Å². The van der Waals surface area contributed by atoms with E-state index in [2.05, 4.69) is 55.9 Å². The quantitative estimate of drug-likeness (QED) is 0.0209. The predicted octanol–water partition coefficient (Wildman–Crippen LogP) is 1.25. The van der Waals surface area contributed by atoms with Crippen LogP contribution in [-0.4, -0.2) is 119 Å². The van der Waals surface area contributed by atoms with Crippen molar-refractivity contribution in [1.82, 2.24) is 24.1 Å². The zero-order chi connectivity index (χ0) is 51.9. The van der Waals surface area contributed by atoms with Crippen molar-refractivity contribution >= 4 is 91.2 Å². The number of fused-ring (bicyclic) bond motifs is 1. The number of nitrogen functional groups attached to an aromatic ring is 2. The van der Waals surface area contributed by atoms with Gasteiger partial charge >= 0.3 is 52.6 Å². The SMILES string of the molecule is CCC#Cc1cn([C@H]2CC(OCSSCOC3C[C@H](n4cc(C#CCN)c5c(N)ncnc54)O[C@@H]3COP(=O)(O)OP(=O)(O)OP(=O)(O)O)[C@@H](COP(=O)(O)OP(=O)(O)OP(=O)(O)O)O2)c(=O)nc1N. The Bertz CT molecular complexity index is 2860. The normalized spacial score (nSPS) is 24.1. The molecule has 5 heterocycles. The summed E-state index contributed by atoms with van der Waals surface area (Å²) in [7, 11) is -32.4. The smallest absolute Gasteiger partial charge is 0.383 e. The van der Waals surface area contributed by atoms with E-state index in [9.17, 15) is 51.8 Å². The van der Waals surface area contributed by atoms with E-state index in [-0.39, 0.29) is 54.1 Å². The van der Waals surface area contributed by atoms with Crippen molar-refractivity contribution in [3.05, 3.63) is 40.3 Å². The van der Waals surface area contributed by atoms with Crippen molar-refractivity contribution in [2.75, 3.05) is 43.1 Å². The number of nitrogens with zero attached hydrogens (tertiary/aromatic N) is 5. The largest absolute Gasteiger partial charge is 0.490 e. The topological polar surface area (TPSA) is 500 Å². The Hall–Kier alpha value is -2.46. The van der Waals surface area contributed by atoms with Crippen molar-refractivity contribution in [3.63, 3.8) is 0 Å². The Kier molecular flexibility index (Phi) is 20.3. The molecule has 0 saturated carbocycles. The highest BCUT2D eigenvalue weighted by Gasteiger charge is 2.46. The van der Waals surface area contributed by atoms with Gasteiger partial charge in [0.05, 0.1) is 48.5 Å². The summed E-state index contributed by atoms with van der Waals surface area (Å²) in [5.74, 6) is 10.6. The molecule has 0 radical (unpaired) electrons. The van der Waals surface area contributed by atoms with Gasteiger partial charge in [-0.3, -0.25) is 13.6 Å². The molecule has 2 saturated heterocycles. The fourth-order valence-corrected chi connectivity index (χ4v) is 13.6. The molecule has 14 N–H and O–H groups in total. The number of nitrogens with two attached hydrogens (primary N) is 3. The number of hydrogen-bond acceptors (Lipinski definition) is 25. The van der Waals surface area contributed by atoms with Crippen LogP contribution in [0, 0.1) is 23.7 Å². The van der Waals surface area contributed by atoms with Crippen LogP contribution in [-0.2, 0) is 72.6 Å². The second-order valence-corrected chi connectivity index (χ2v) is 24.9. The van der Waals surface area contributed by atoms with Gasteiger partial charge < -0.3 is 79.9 Å². The highest BCUT2D eigenvalue weighted by Crippen LogP contribution is 2.67. The molecule has 0 aromatic carbocycles. The zero-order valence-electron chi connectivity index (χ0n) is 35.3. The van der Waals surface area contributed by atoms with E-state index in [1.807, 2.05) is 0 Å². The minimum atomic E-state index is -5.88. The summed E-state index contributed by atoms with van der Waals surface area (Å²) < 4.78 is 122. The molecule has 390 valence electrons. The minimum Gasteiger partial charge on any atom is -0.383 e. The molecule has 2 aliphatic rings. The first kappa shape index (κ1) is 58.4. The summed E-state index contributed by atoms with van der Waals surface area (Å²) in [6, 6.07) is 0. The van der Waals surface area contributed by atoms with Crippen LogP contribution in [0.3, 0.4) is 0 Å². The van der Waals surface area contributed by atoms with Gasteiger partial charge in [-0.1, -0.05) is 52.2 Å². The molecule has 0 amide bonds. The van der Waals surface area contributed by atoms with Crippen molar-refractivity contribution in [2.45, 2.75) is 63.1 Å². The Morgan fingerprint density at radius 2 is 1.19 bits per heavy atom. The molecule has 6 unspecified atom stereocenters. The van der Waals surface area contributed by atoms with Crippen LogP contribution < -0.4 is 22.9 Å². The van der Waals surface area contributed by atoms with Gasteiger partial charge in [0.2, 0.25) is 0 Å². The number of rotatable bonds is 23. The van der Waals surface area contributed by atoms with Crippen LogP contribution in [0.5, 0.6) is 0 Å². The van der Waals surface area contributed by atoms with E-state index in [1.165, 1.54) is 23.3 Å². The number of ether oxygens (including phenoxy) is 4. The lowest BCUT2D eigenvalue weighted by atomic mass is 10.2. The molecule has 2 aliphatic heterocycles. The predicted molar refractivity (Wildman–Crippen MR) is 239 cm³/mol. The third-order valence-electron chi connectivity index (χ3n) is 8.71. The lowest BCUT2D eigenvalue weighted by molar-refractivity contribution is -0.0543. The Morgan fingerprint density at radius 1 is 0.700 bits per heavy atom. The van der Waals surface area contributed by atoms with E-state index in [0.29, 0.717) is 17.4 Å². The van der Waals surface area contributed by atoms with E-state index in [4.69, 9.17) is 64.8 Å². The van der Waals surface area contributed by atoms with E-state index in [1.54, 1.807) is 6.92 Å². The molecule has 3 aromatic rings. The summed E-state index contributed by atoms with van der Waals surface area (Å²) in [6.45, 7) is -0.100. The van der Waals surface area contributed by atoms with Gasteiger partial charge in [0.25, 0.3) is 0 Å². The number of phosphoric acid groups is 6. The summed E-state index contributed by atoms with van der Waals surface area (Å²) in [5.41, 5.74) is 17.4. The summed E-state index contributed by atoms with van der Waals surface area (Å²) in [5, 5.41) is 0.340. The van der Waals surface area contributed by atoms with Gasteiger partial charge in [0.1, 0.15) is 60.2 Å². The lowest BCUT2D eigenvalue weighted by Gasteiger charge is -2.21. The number of aromatic nitrogens is 5. The Labute approximate surface area is 401 Å². The van der Waals surface area contributed by atoms with Gasteiger partial charge in [0, 0.05) is 31.7 Å². The van der Waals surface area contributed by atoms with Gasteiger partial charge in [-0.25, -0.2) is 42.2 Å². The van der Waals surface area contributed by atoms with Crippen molar-refractivity contribution in [2.24, 2.45) is 5.73 Å². The first-order valence-electron chi connectivity index (χ1n) is 19.0. The fourth-order valence-electron chi connectivity index (χ4n) is 6.17. The van der Waals surface area contributed by atoms with Crippen LogP contribution >= 0.6 is 68.5 Å². The maximum absolute atomic E-state index is 12.9. The van der Waals surface area contributed by atoms with Crippen molar-refractivity contribution < 1.29 is 112 Å². The first-order chi connectivity index (χ1) is 32.5. The highest BCUT2D eigenvalue weighted by molar-refractivity contribution is 8.76. The molecule has 33 nitrogen and oxygen atoms in total. The van der Waals surface area contributed by atoms with Gasteiger partial charge in [-0.2, -0.15) is 22.2 Å². The number of hydrogen-bond donors (Lipinski definition) is 11. The molecule has 70 heavy (non-hydrogen) atoms. The summed E-state index contributed by atoms with van der Waals surface area (Å²) in [4.78, 5) is 99.8. The third-order valence-corrected chi connectivity index (χ3v) is 18.0. The average molecular weight is 1150 g/mol. The summed E-state index contributed by atoms with van der Waals surface area (Å²) >= 11 is 0. The molecule has 0 spiro atoms. The standard InChI is InChI=1S/C29H42N8O25P6S2/c1-2-3-5-18-11-37(29(38)35-26(18)31)24-9-20(22(58-24)13-56-66(47,48)62-68(51,52)60-64(42,43)44)54-16-70-69-15-53-19-8-23(36-10-17(6-4-7-30)25-27(32)33-14-34-28(25)36)57-21(19)12-55-65(45,46)61-67(49,50)59-63(39,40)41/h10-11,14,19-24H,2,7-9,12-13,15-16,30H2,1H3,(H,45,46)(H,47,48)(H,49,50)(H,51,52)(H2,31,35,38)(H2,32,33,34)(H2,39,40,41)(H2,42,43,44)/t19?,20?,21-,22-,23-,24-/m1/s1. The van der Waals surface area contributed by atoms with Crippen LogP contribution in [0.1, 0.15) is 49.8 Å². The maximum Gasteiger partial charge on any atom is 0.490 e. The Morgan fingerprint density at radius 3 is 1.67 bits per heavy atom. The van der Waals surface area contributed by atoms with Crippen molar-refractivity contribution in [3.8, 4) is 23.7 Å². The highest BCUT2D eigenvalue weighted by atomic mass is 33.1. The van der Waals surface area contributed by atoms with E-state index >= 15 is 0 Å². The summed E-state index contributed by atoms with van der Waals surface area (Å²) in [6.07, 6.45) is -2.78. The third kappa shape index (κ3) is 17.6. The molecule has 41 heteroatoms. The van der Waals surface area contributed by atoms with Crippen LogP contribution in [0.2, 0.25) is 0 Å². The molecule has 0 aliphatic carbocycles. The van der Waals surface area contributed by atoms with Crippen LogP contribution in [0.15, 0.2) is 23.5 Å². The lowest BCUT2D eigenvalue weighted by Crippen LogP contribution is -2.29. The molecular formula is C29H42N8O25P6S2. The van der Waals surface area contributed by atoms with E-state index < -0.39 is 103 Å². The number of anilines is 2. The second kappa shape index (κ2) is 24.3. The van der Waals surface area contributed by atoms with Crippen LogP contribution in [0.4, 0.5) is 11.6 Å². The molecule has 10 atom stereocenters. The van der Waals surface area contributed by atoms with Crippen LogP contribution in [0.25, 0.3) is 11.0 Å². The fraction of sp³-hybridized carbons (Fsp3) is 0.517. The molecule has 2 fully saturated rings. The Balaban J connectivity index is 1.28.